The van der Waals surface area contributed by atoms with Gasteiger partial charge in [0.15, 0.2) is 0 Å². The van der Waals surface area contributed by atoms with Gasteiger partial charge in [-0.3, -0.25) is 14.4 Å². The molecule has 0 saturated carbocycles. The van der Waals surface area contributed by atoms with Crippen molar-refractivity contribution in [3.8, 4) is 0 Å². The van der Waals surface area contributed by atoms with Crippen molar-refractivity contribution in [1.29, 1.82) is 0 Å². The van der Waals surface area contributed by atoms with E-state index in [0.717, 1.165) is 11.1 Å². The first-order chi connectivity index (χ1) is 11.7. The van der Waals surface area contributed by atoms with Crippen molar-refractivity contribution >= 4 is 11.8 Å². The molecule has 0 aliphatic carbocycles. The number of likely N-dealkylation sites (tertiary alicyclic amines) is 1. The number of amides is 2. The van der Waals surface area contributed by atoms with Crippen molar-refractivity contribution in [2.75, 3.05) is 6.54 Å². The van der Waals surface area contributed by atoms with Crippen LogP contribution in [0, 0.1) is 5.92 Å². The van der Waals surface area contributed by atoms with Crippen LogP contribution in [0.3, 0.4) is 0 Å². The second kappa shape index (κ2) is 7.75. The lowest BCUT2D eigenvalue weighted by Crippen LogP contribution is -2.32. The molecule has 3 rings (SSSR count). The molecular formula is C19H20N2O3. The van der Waals surface area contributed by atoms with E-state index in [1.165, 1.54) is 0 Å². The van der Waals surface area contributed by atoms with Gasteiger partial charge in [-0.05, 0) is 11.1 Å². The van der Waals surface area contributed by atoms with Crippen LogP contribution in [0.15, 0.2) is 60.7 Å². The van der Waals surface area contributed by atoms with Crippen molar-refractivity contribution in [2.45, 2.75) is 19.6 Å². The molecule has 2 aromatic rings. The number of nitrogens with zero attached hydrogens (tertiary/aromatic N) is 1. The summed E-state index contributed by atoms with van der Waals surface area (Å²) in [5.41, 5.74) is 4.50. The Morgan fingerprint density at radius 3 is 2.33 bits per heavy atom. The first-order valence-corrected chi connectivity index (χ1v) is 7.99. The number of hydrogen-bond acceptors (Lipinski definition) is 3. The van der Waals surface area contributed by atoms with Gasteiger partial charge in [0.25, 0.3) is 0 Å². The van der Waals surface area contributed by atoms with Crippen molar-refractivity contribution in [1.82, 2.24) is 10.4 Å². The van der Waals surface area contributed by atoms with Crippen LogP contribution in [0.5, 0.6) is 0 Å². The van der Waals surface area contributed by atoms with E-state index in [1.807, 2.05) is 60.7 Å². The Morgan fingerprint density at radius 2 is 1.67 bits per heavy atom. The summed E-state index contributed by atoms with van der Waals surface area (Å²) in [5, 5.41) is 0. The Morgan fingerprint density at radius 1 is 1.04 bits per heavy atom. The number of hydroxylamine groups is 1. The fourth-order valence-electron chi connectivity index (χ4n) is 2.75. The second-order valence-corrected chi connectivity index (χ2v) is 5.90. The molecule has 24 heavy (non-hydrogen) atoms. The second-order valence-electron chi connectivity index (χ2n) is 5.90. The summed E-state index contributed by atoms with van der Waals surface area (Å²) in [6, 6.07) is 19.4. The first kappa shape index (κ1) is 16.2. The average Bonchev–Trinajstić information content (AvgIpc) is 2.97. The fraction of sp³-hybridized carbons (Fsp3) is 0.263. The third kappa shape index (κ3) is 4.20. The quantitative estimate of drug-likeness (QED) is 0.830. The van der Waals surface area contributed by atoms with Gasteiger partial charge in [-0.25, -0.2) is 5.48 Å². The molecule has 0 radical (unpaired) electrons. The maximum Gasteiger partial charge on any atom is 0.248 e. The van der Waals surface area contributed by atoms with Crippen molar-refractivity contribution in [3.63, 3.8) is 0 Å². The molecule has 1 saturated heterocycles. The molecule has 1 atom stereocenters. The van der Waals surface area contributed by atoms with Crippen LogP contribution in [0.25, 0.3) is 0 Å². The highest BCUT2D eigenvalue weighted by Crippen LogP contribution is 2.20. The minimum absolute atomic E-state index is 0.00191. The molecule has 0 spiro atoms. The van der Waals surface area contributed by atoms with Crippen LogP contribution in [0.4, 0.5) is 0 Å². The normalized spacial score (nSPS) is 17.1. The molecule has 0 aromatic heterocycles. The summed E-state index contributed by atoms with van der Waals surface area (Å²) in [6.45, 7) is 1.27. The molecule has 2 aromatic carbocycles. The van der Waals surface area contributed by atoms with Gasteiger partial charge in [-0.1, -0.05) is 60.7 Å². The van der Waals surface area contributed by atoms with Gasteiger partial charge in [-0.2, -0.15) is 0 Å². The lowest BCUT2D eigenvalue weighted by Gasteiger charge is -2.16. The van der Waals surface area contributed by atoms with Gasteiger partial charge in [0, 0.05) is 19.5 Å². The molecule has 5 heteroatoms. The largest absolute Gasteiger partial charge is 0.338 e. The Hall–Kier alpha value is -2.66. The molecular weight excluding hydrogens is 304 g/mol. The van der Waals surface area contributed by atoms with Crippen LogP contribution < -0.4 is 5.48 Å². The van der Waals surface area contributed by atoms with E-state index in [2.05, 4.69) is 5.48 Å². The summed E-state index contributed by atoms with van der Waals surface area (Å²) < 4.78 is 0. The Labute approximate surface area is 141 Å². The topological polar surface area (TPSA) is 58.6 Å². The number of carbonyl (C=O) groups excluding carboxylic acids is 2. The molecule has 1 aliphatic heterocycles. The monoisotopic (exact) mass is 324 g/mol. The Kier molecular flexibility index (Phi) is 5.23. The highest BCUT2D eigenvalue weighted by molar-refractivity contribution is 5.88. The van der Waals surface area contributed by atoms with E-state index in [0.29, 0.717) is 19.7 Å². The summed E-state index contributed by atoms with van der Waals surface area (Å²) in [4.78, 5) is 31.2. The van der Waals surface area contributed by atoms with Gasteiger partial charge in [0.1, 0.15) is 0 Å². The number of benzene rings is 2. The van der Waals surface area contributed by atoms with E-state index < -0.39 is 0 Å². The van der Waals surface area contributed by atoms with Gasteiger partial charge >= 0.3 is 0 Å². The zero-order valence-corrected chi connectivity index (χ0v) is 13.4. The molecule has 2 amide bonds. The van der Waals surface area contributed by atoms with E-state index in [1.54, 1.807) is 4.90 Å². The van der Waals surface area contributed by atoms with Crippen LogP contribution >= 0.6 is 0 Å². The number of hydrogen-bond donors (Lipinski definition) is 1. The third-order valence-electron chi connectivity index (χ3n) is 4.06. The van der Waals surface area contributed by atoms with Crippen molar-refractivity contribution in [2.24, 2.45) is 5.92 Å². The smallest absolute Gasteiger partial charge is 0.248 e. The predicted octanol–water partition coefficient (Wildman–Crippen LogP) is 2.28. The van der Waals surface area contributed by atoms with Crippen molar-refractivity contribution < 1.29 is 14.4 Å². The van der Waals surface area contributed by atoms with Gasteiger partial charge in [-0.15, -0.1) is 0 Å². The highest BCUT2D eigenvalue weighted by Gasteiger charge is 2.34. The molecule has 1 aliphatic rings. The van der Waals surface area contributed by atoms with Crippen LogP contribution in [-0.2, 0) is 27.6 Å². The van der Waals surface area contributed by atoms with E-state index in [-0.39, 0.29) is 24.2 Å². The third-order valence-corrected chi connectivity index (χ3v) is 4.06. The Balaban J connectivity index is 1.47. The van der Waals surface area contributed by atoms with Crippen LogP contribution in [0.1, 0.15) is 17.5 Å². The van der Waals surface area contributed by atoms with Gasteiger partial charge < -0.3 is 4.90 Å². The van der Waals surface area contributed by atoms with Gasteiger partial charge in [0.05, 0.1) is 12.5 Å². The van der Waals surface area contributed by atoms with E-state index in [4.69, 9.17) is 4.84 Å². The van der Waals surface area contributed by atoms with Crippen LogP contribution in [-0.4, -0.2) is 23.3 Å². The minimum Gasteiger partial charge on any atom is -0.338 e. The van der Waals surface area contributed by atoms with Crippen molar-refractivity contribution in [3.05, 3.63) is 71.8 Å². The molecule has 1 heterocycles. The molecule has 124 valence electrons. The highest BCUT2D eigenvalue weighted by atomic mass is 16.6. The fourth-order valence-corrected chi connectivity index (χ4v) is 2.75. The predicted molar refractivity (Wildman–Crippen MR) is 89.3 cm³/mol. The van der Waals surface area contributed by atoms with Gasteiger partial charge in [0.2, 0.25) is 11.8 Å². The summed E-state index contributed by atoms with van der Waals surface area (Å²) in [5.74, 6) is -0.603. The number of carbonyl (C=O) groups is 2. The lowest BCUT2D eigenvalue weighted by atomic mass is 10.1. The molecule has 0 bridgehead atoms. The molecule has 0 unspecified atom stereocenters. The first-order valence-electron chi connectivity index (χ1n) is 7.99. The molecule has 5 nitrogen and oxygen atoms in total. The molecule has 1 fully saturated rings. The average molecular weight is 324 g/mol. The number of rotatable bonds is 6. The standard InChI is InChI=1S/C19H20N2O3/c22-18-11-17(13-21(18)12-15-7-3-1-4-8-15)19(23)20-24-14-16-9-5-2-6-10-16/h1-10,17H,11-14H2,(H,20,23)/t17-/m0/s1. The van der Waals surface area contributed by atoms with Crippen LogP contribution in [0.2, 0.25) is 0 Å². The zero-order chi connectivity index (χ0) is 16.8. The SMILES string of the molecule is O=C(NOCc1ccccc1)[C@H]1CC(=O)N(Cc2ccccc2)C1. The maximum absolute atomic E-state index is 12.2. The summed E-state index contributed by atoms with van der Waals surface area (Å²) >= 11 is 0. The Bertz CT molecular complexity index is 688. The maximum atomic E-state index is 12.2. The minimum atomic E-state index is -0.364. The van der Waals surface area contributed by atoms with E-state index in [9.17, 15) is 9.59 Å². The summed E-state index contributed by atoms with van der Waals surface area (Å²) in [7, 11) is 0. The lowest BCUT2D eigenvalue weighted by molar-refractivity contribution is -0.138. The summed E-state index contributed by atoms with van der Waals surface area (Å²) in [6.07, 6.45) is 0.230. The zero-order valence-electron chi connectivity index (χ0n) is 13.4. The van der Waals surface area contributed by atoms with E-state index >= 15 is 0 Å². The number of nitrogens with one attached hydrogen (secondary N) is 1. The molecule has 1 N–H and O–H groups in total.